The lowest BCUT2D eigenvalue weighted by Gasteiger charge is -2.10. The largest absolute Gasteiger partial charge is 0.495 e. The summed E-state index contributed by atoms with van der Waals surface area (Å²) in [7, 11) is 1.52. The highest BCUT2D eigenvalue weighted by Crippen LogP contribution is 2.36. The zero-order valence-electron chi connectivity index (χ0n) is 15.7. The lowest BCUT2D eigenvalue weighted by molar-refractivity contribution is -0.117. The molecule has 3 heterocycles. The van der Waals surface area contributed by atoms with Crippen molar-refractivity contribution in [3.63, 3.8) is 0 Å². The van der Waals surface area contributed by atoms with Gasteiger partial charge in [0.25, 0.3) is 0 Å². The van der Waals surface area contributed by atoms with Crippen LogP contribution >= 0.6 is 11.3 Å². The van der Waals surface area contributed by atoms with Crippen molar-refractivity contribution in [2.45, 2.75) is 6.54 Å². The van der Waals surface area contributed by atoms with Gasteiger partial charge < -0.3 is 14.5 Å². The minimum Gasteiger partial charge on any atom is -0.495 e. The van der Waals surface area contributed by atoms with Gasteiger partial charge in [-0.15, -0.1) is 11.3 Å². The fourth-order valence-corrected chi connectivity index (χ4v) is 3.91. The number of hydrogen-bond donors (Lipinski definition) is 1. The molecule has 0 unspecified atom stereocenters. The second kappa shape index (κ2) is 7.16. The van der Waals surface area contributed by atoms with Crippen molar-refractivity contribution in [1.29, 1.82) is 0 Å². The third-order valence-corrected chi connectivity index (χ3v) is 5.46. The number of tetrazole rings is 1. The maximum Gasteiger partial charge on any atom is 0.369 e. The molecule has 0 aliphatic rings. The molecule has 0 bridgehead atoms. The van der Waals surface area contributed by atoms with E-state index in [0.29, 0.717) is 22.0 Å². The molecule has 10 heteroatoms. The van der Waals surface area contributed by atoms with Gasteiger partial charge >= 0.3 is 5.69 Å². The summed E-state index contributed by atoms with van der Waals surface area (Å²) in [4.78, 5) is 25.0. The summed E-state index contributed by atoms with van der Waals surface area (Å²) in [6, 6.07) is 14.7. The Hall–Kier alpha value is -3.92. The van der Waals surface area contributed by atoms with Crippen LogP contribution in [0.5, 0.6) is 5.75 Å². The van der Waals surface area contributed by atoms with Gasteiger partial charge in [-0.3, -0.25) is 4.79 Å². The molecule has 9 nitrogen and oxygen atoms in total. The Morgan fingerprint density at radius 2 is 2.00 bits per heavy atom. The van der Waals surface area contributed by atoms with Crippen LogP contribution in [0.2, 0.25) is 0 Å². The second-order valence-corrected chi connectivity index (χ2v) is 7.40. The summed E-state index contributed by atoms with van der Waals surface area (Å²) in [6.07, 6.45) is 0. The van der Waals surface area contributed by atoms with E-state index in [2.05, 4.69) is 15.7 Å². The zero-order chi connectivity index (χ0) is 20.7. The topological polar surface area (TPSA) is 104 Å². The number of nitrogens with zero attached hydrogens (tertiary/aromatic N) is 4. The molecule has 0 aliphatic carbocycles. The molecule has 150 valence electrons. The lowest BCUT2D eigenvalue weighted by atomic mass is 10.1. The van der Waals surface area contributed by atoms with E-state index < -0.39 is 11.6 Å². The fourth-order valence-electron chi connectivity index (χ4n) is 3.25. The van der Waals surface area contributed by atoms with Crippen molar-refractivity contribution in [2.75, 3.05) is 12.4 Å². The van der Waals surface area contributed by atoms with Crippen molar-refractivity contribution >= 4 is 44.9 Å². The van der Waals surface area contributed by atoms with Crippen LogP contribution in [0.4, 0.5) is 5.69 Å². The molecular formula is C20H15N5O4S. The van der Waals surface area contributed by atoms with Crippen LogP contribution in [-0.4, -0.2) is 32.8 Å². The number of ether oxygens (including phenoxy) is 1. The van der Waals surface area contributed by atoms with E-state index >= 15 is 0 Å². The number of thiophene rings is 1. The van der Waals surface area contributed by atoms with Crippen LogP contribution in [0.15, 0.2) is 63.1 Å². The van der Waals surface area contributed by atoms with Gasteiger partial charge in [-0.1, -0.05) is 18.2 Å². The summed E-state index contributed by atoms with van der Waals surface area (Å²) in [5, 5.41) is 14.7. The maximum absolute atomic E-state index is 12.6. The van der Waals surface area contributed by atoms with Crippen LogP contribution in [-0.2, 0) is 11.3 Å². The van der Waals surface area contributed by atoms with Gasteiger partial charge in [-0.05, 0) is 40.1 Å². The van der Waals surface area contributed by atoms with Gasteiger partial charge in [-0.2, -0.15) is 9.36 Å². The van der Waals surface area contributed by atoms with E-state index in [0.717, 1.165) is 25.7 Å². The Morgan fingerprint density at radius 1 is 1.13 bits per heavy atom. The number of hydrogen-bond acceptors (Lipinski definition) is 7. The normalized spacial score (nSPS) is 11.2. The standard InChI is InChI=1S/C20H15N5O4S/c1-28-17-9-13-12-5-2-3-6-15(12)29-16(13)10-14(17)21-18(26)11-24-20(27)25(23-22-24)19-7-4-8-30-19/h2-10H,11H2,1H3,(H,21,26). The molecule has 0 aliphatic heterocycles. The maximum atomic E-state index is 12.6. The number of aromatic nitrogens is 4. The van der Waals surface area contributed by atoms with Gasteiger partial charge in [0.15, 0.2) is 0 Å². The Kier molecular flexibility index (Phi) is 4.32. The van der Waals surface area contributed by atoms with Gasteiger partial charge in [0, 0.05) is 16.8 Å². The number of carbonyl (C=O) groups excluding carboxylic acids is 1. The number of amides is 1. The number of methoxy groups -OCH3 is 1. The van der Waals surface area contributed by atoms with Gasteiger partial charge in [-0.25, -0.2) is 4.79 Å². The smallest absolute Gasteiger partial charge is 0.369 e. The molecule has 3 aromatic heterocycles. The molecule has 0 spiro atoms. The first kappa shape index (κ1) is 18.1. The summed E-state index contributed by atoms with van der Waals surface area (Å²) in [5.74, 6) is 0.0427. The highest BCUT2D eigenvalue weighted by molar-refractivity contribution is 7.12. The number of carbonyl (C=O) groups is 1. The Bertz CT molecular complexity index is 1430. The first-order valence-corrected chi connectivity index (χ1v) is 9.88. The van der Waals surface area contributed by atoms with E-state index in [9.17, 15) is 9.59 Å². The highest BCUT2D eigenvalue weighted by Gasteiger charge is 2.16. The van der Waals surface area contributed by atoms with Crippen molar-refractivity contribution in [1.82, 2.24) is 19.8 Å². The number of anilines is 1. The molecule has 0 atom stereocenters. The number of fused-ring (bicyclic) bond motifs is 3. The monoisotopic (exact) mass is 421 g/mol. The Labute approximate surface area is 173 Å². The van der Waals surface area contributed by atoms with Crippen molar-refractivity contribution in [3.8, 4) is 10.8 Å². The van der Waals surface area contributed by atoms with E-state index in [1.165, 1.54) is 18.4 Å². The molecule has 2 aromatic carbocycles. The van der Waals surface area contributed by atoms with Gasteiger partial charge in [0.1, 0.15) is 28.5 Å². The summed E-state index contributed by atoms with van der Waals surface area (Å²) < 4.78 is 13.5. The molecule has 0 fully saturated rings. The van der Waals surface area contributed by atoms with Crippen LogP contribution in [0.25, 0.3) is 26.9 Å². The predicted octanol–water partition coefficient (Wildman–Crippen LogP) is 3.04. The minimum absolute atomic E-state index is 0.286. The third kappa shape index (κ3) is 3.03. The molecule has 5 rings (SSSR count). The van der Waals surface area contributed by atoms with E-state index in [-0.39, 0.29) is 6.54 Å². The molecule has 5 aromatic rings. The number of benzene rings is 2. The number of rotatable bonds is 5. The summed E-state index contributed by atoms with van der Waals surface area (Å²) in [5.41, 5.74) is 1.31. The Morgan fingerprint density at radius 3 is 2.80 bits per heavy atom. The molecule has 0 radical (unpaired) electrons. The third-order valence-electron chi connectivity index (χ3n) is 4.62. The van der Waals surface area contributed by atoms with Gasteiger partial charge in [0.2, 0.25) is 5.91 Å². The van der Waals surface area contributed by atoms with Gasteiger partial charge in [0.05, 0.1) is 12.8 Å². The fraction of sp³-hybridized carbons (Fsp3) is 0.100. The molecule has 0 saturated carbocycles. The first-order valence-electron chi connectivity index (χ1n) is 9.00. The molecule has 1 N–H and O–H groups in total. The van der Waals surface area contributed by atoms with Crippen molar-refractivity contribution in [3.05, 3.63) is 64.4 Å². The number of para-hydroxylation sites is 1. The molecule has 30 heavy (non-hydrogen) atoms. The summed E-state index contributed by atoms with van der Waals surface area (Å²) >= 11 is 1.35. The molecule has 0 saturated heterocycles. The van der Waals surface area contributed by atoms with E-state index in [4.69, 9.17) is 9.15 Å². The predicted molar refractivity (Wildman–Crippen MR) is 112 cm³/mol. The SMILES string of the molecule is COc1cc2c(cc1NC(=O)Cn1nnn(-c3cccs3)c1=O)oc1ccccc12. The zero-order valence-corrected chi connectivity index (χ0v) is 16.5. The number of furan rings is 1. The van der Waals surface area contributed by atoms with Crippen LogP contribution in [0.1, 0.15) is 0 Å². The van der Waals surface area contributed by atoms with E-state index in [1.807, 2.05) is 35.7 Å². The minimum atomic E-state index is -0.493. The van der Waals surface area contributed by atoms with Crippen LogP contribution in [0, 0.1) is 0 Å². The summed E-state index contributed by atoms with van der Waals surface area (Å²) in [6.45, 7) is -0.286. The quantitative estimate of drug-likeness (QED) is 0.468. The van der Waals surface area contributed by atoms with Crippen molar-refractivity contribution < 1.29 is 13.9 Å². The van der Waals surface area contributed by atoms with Crippen molar-refractivity contribution in [2.24, 2.45) is 0 Å². The Balaban J connectivity index is 1.43. The average Bonchev–Trinajstić information content (AvgIpc) is 3.47. The lowest BCUT2D eigenvalue weighted by Crippen LogP contribution is -2.29. The molecular weight excluding hydrogens is 406 g/mol. The highest BCUT2D eigenvalue weighted by atomic mass is 32.1. The van der Waals surface area contributed by atoms with Crippen LogP contribution < -0.4 is 15.7 Å². The number of nitrogens with one attached hydrogen (secondary N) is 1. The average molecular weight is 421 g/mol. The molecule has 1 amide bonds. The first-order chi connectivity index (χ1) is 14.6. The van der Waals surface area contributed by atoms with Crippen LogP contribution in [0.3, 0.4) is 0 Å². The second-order valence-electron chi connectivity index (χ2n) is 6.48. The van der Waals surface area contributed by atoms with E-state index in [1.54, 1.807) is 18.2 Å².